The minimum absolute atomic E-state index is 0.0916. The van der Waals surface area contributed by atoms with Gasteiger partial charge in [-0.2, -0.15) is 0 Å². The first-order valence-electron chi connectivity index (χ1n) is 7.65. The third-order valence-corrected chi connectivity index (χ3v) is 5.65. The molecule has 6 nitrogen and oxygen atoms in total. The molecule has 23 heavy (non-hydrogen) atoms. The van der Waals surface area contributed by atoms with Gasteiger partial charge >= 0.3 is 5.97 Å². The molecule has 1 aliphatic heterocycles. The number of amides is 1. The number of carboxylic acids is 1. The van der Waals surface area contributed by atoms with Crippen molar-refractivity contribution in [2.75, 3.05) is 13.1 Å². The molecule has 1 N–H and O–H groups in total. The zero-order valence-electron chi connectivity index (χ0n) is 12.3. The third kappa shape index (κ3) is 2.65. The molecule has 2 aromatic heterocycles. The highest BCUT2D eigenvalue weighted by Gasteiger charge is 2.47. The lowest BCUT2D eigenvalue weighted by atomic mass is 9.92. The van der Waals surface area contributed by atoms with E-state index in [4.69, 9.17) is 4.42 Å². The highest BCUT2D eigenvalue weighted by atomic mass is 32.1. The molecule has 3 heterocycles. The number of carbonyl (C=O) groups excluding carboxylic acids is 1. The Kier molecular flexibility index (Phi) is 3.45. The summed E-state index contributed by atoms with van der Waals surface area (Å²) in [4.78, 5) is 30.5. The average molecular weight is 332 g/mol. The predicted octanol–water partition coefficient (Wildman–Crippen LogP) is 2.59. The van der Waals surface area contributed by atoms with Crippen LogP contribution >= 0.6 is 11.3 Å². The van der Waals surface area contributed by atoms with Crippen LogP contribution in [0.15, 0.2) is 29.0 Å². The Morgan fingerprint density at radius 3 is 2.83 bits per heavy atom. The maximum absolute atomic E-state index is 12.7. The molecule has 0 aromatic carbocycles. The summed E-state index contributed by atoms with van der Waals surface area (Å²) in [6, 6.07) is 3.57. The van der Waals surface area contributed by atoms with Gasteiger partial charge in [0.15, 0.2) is 10.8 Å². The number of aliphatic carboxylic acids is 1. The molecule has 1 saturated heterocycles. The number of carbonyl (C=O) groups is 2. The molecule has 7 heteroatoms. The van der Waals surface area contributed by atoms with Crippen molar-refractivity contribution in [2.24, 2.45) is 17.8 Å². The first-order chi connectivity index (χ1) is 11.1. The highest BCUT2D eigenvalue weighted by Crippen LogP contribution is 2.44. The van der Waals surface area contributed by atoms with Crippen LogP contribution < -0.4 is 0 Å². The van der Waals surface area contributed by atoms with E-state index in [0.29, 0.717) is 34.7 Å². The first-order valence-corrected chi connectivity index (χ1v) is 8.47. The van der Waals surface area contributed by atoms with Gasteiger partial charge in [0, 0.05) is 13.1 Å². The molecule has 2 atom stereocenters. The number of nitrogens with zero attached hydrogens (tertiary/aromatic N) is 2. The summed E-state index contributed by atoms with van der Waals surface area (Å²) < 4.78 is 5.29. The second-order valence-corrected chi connectivity index (χ2v) is 7.19. The van der Waals surface area contributed by atoms with Crippen LogP contribution in [-0.4, -0.2) is 40.0 Å². The molecule has 1 amide bonds. The van der Waals surface area contributed by atoms with Crippen LogP contribution in [0.1, 0.15) is 22.5 Å². The van der Waals surface area contributed by atoms with Gasteiger partial charge in [0.1, 0.15) is 4.88 Å². The zero-order valence-corrected chi connectivity index (χ0v) is 13.2. The van der Waals surface area contributed by atoms with Crippen LogP contribution in [-0.2, 0) is 4.79 Å². The molecule has 120 valence electrons. The number of thiazole rings is 1. The molecule has 1 aliphatic carbocycles. The molecule has 2 aliphatic rings. The summed E-state index contributed by atoms with van der Waals surface area (Å²) in [5.74, 6) is -0.172. The number of rotatable bonds is 4. The second kappa shape index (κ2) is 5.49. The van der Waals surface area contributed by atoms with Crippen molar-refractivity contribution in [3.8, 4) is 10.8 Å². The smallest absolute Gasteiger partial charge is 0.308 e. The van der Waals surface area contributed by atoms with E-state index in [0.717, 1.165) is 12.8 Å². The topological polar surface area (TPSA) is 83.6 Å². The third-order valence-electron chi connectivity index (χ3n) is 4.65. The largest absolute Gasteiger partial charge is 0.481 e. The van der Waals surface area contributed by atoms with Crippen LogP contribution in [0.3, 0.4) is 0 Å². The molecule has 0 unspecified atom stereocenters. The van der Waals surface area contributed by atoms with Crippen LogP contribution in [0.25, 0.3) is 10.8 Å². The molecular formula is C16H16N2O4S. The average Bonchev–Trinajstić information content (AvgIpc) is 3.03. The Labute approximate surface area is 136 Å². The zero-order chi connectivity index (χ0) is 16.0. The molecule has 0 spiro atoms. The summed E-state index contributed by atoms with van der Waals surface area (Å²) in [7, 11) is 0. The van der Waals surface area contributed by atoms with Crippen LogP contribution in [0.5, 0.6) is 0 Å². The molecule has 0 bridgehead atoms. The van der Waals surface area contributed by atoms with Gasteiger partial charge in [-0.1, -0.05) is 0 Å². The Hall–Kier alpha value is -2.15. The van der Waals surface area contributed by atoms with E-state index in [9.17, 15) is 14.7 Å². The molecule has 4 rings (SSSR count). The van der Waals surface area contributed by atoms with Gasteiger partial charge in [-0.05, 0) is 36.8 Å². The first kappa shape index (κ1) is 14.4. The number of hydrogen-bond acceptors (Lipinski definition) is 5. The number of hydrogen-bond donors (Lipinski definition) is 1. The van der Waals surface area contributed by atoms with E-state index in [1.54, 1.807) is 29.5 Å². The van der Waals surface area contributed by atoms with Crippen LogP contribution in [0, 0.1) is 17.8 Å². The fourth-order valence-corrected chi connectivity index (χ4v) is 4.15. The number of likely N-dealkylation sites (tertiary alicyclic amines) is 1. The van der Waals surface area contributed by atoms with Gasteiger partial charge in [-0.15, -0.1) is 11.3 Å². The second-order valence-electron chi connectivity index (χ2n) is 6.16. The van der Waals surface area contributed by atoms with Crippen molar-refractivity contribution in [1.82, 2.24) is 9.88 Å². The number of aromatic nitrogens is 1. The van der Waals surface area contributed by atoms with Crippen molar-refractivity contribution >= 4 is 23.2 Å². The Morgan fingerprint density at radius 1 is 1.35 bits per heavy atom. The minimum atomic E-state index is -0.794. The lowest BCUT2D eigenvalue weighted by Crippen LogP contribution is -2.29. The number of carboxylic acid groups (broad SMARTS) is 1. The maximum Gasteiger partial charge on any atom is 0.308 e. The van der Waals surface area contributed by atoms with Gasteiger partial charge in [0.2, 0.25) is 0 Å². The Bertz CT molecular complexity index is 735. The lowest BCUT2D eigenvalue weighted by Gasteiger charge is -2.14. The molecule has 2 aromatic rings. The summed E-state index contributed by atoms with van der Waals surface area (Å²) >= 11 is 1.28. The summed E-state index contributed by atoms with van der Waals surface area (Å²) in [5, 5.41) is 10.1. The summed E-state index contributed by atoms with van der Waals surface area (Å²) in [5.41, 5.74) is 0. The minimum Gasteiger partial charge on any atom is -0.481 e. The standard InChI is InChI=1S/C16H16N2O4S/c19-15(13-6-17-14(23-13)12-2-1-5-22-12)18-7-10(9-3-4-9)11(8-18)16(20)21/h1-2,5-6,9-11H,3-4,7-8H2,(H,20,21)/t10-,11+/m1/s1. The van der Waals surface area contributed by atoms with Gasteiger partial charge in [-0.3, -0.25) is 9.59 Å². The normalized spacial score (nSPS) is 24.1. The molecular weight excluding hydrogens is 316 g/mol. The highest BCUT2D eigenvalue weighted by molar-refractivity contribution is 7.16. The van der Waals surface area contributed by atoms with Gasteiger partial charge in [0.05, 0.1) is 18.4 Å². The van der Waals surface area contributed by atoms with E-state index < -0.39 is 11.9 Å². The van der Waals surface area contributed by atoms with E-state index in [1.165, 1.54) is 11.3 Å². The van der Waals surface area contributed by atoms with E-state index in [2.05, 4.69) is 4.98 Å². The Balaban J connectivity index is 1.52. The van der Waals surface area contributed by atoms with Crippen molar-refractivity contribution in [3.63, 3.8) is 0 Å². The quantitative estimate of drug-likeness (QED) is 0.930. The predicted molar refractivity (Wildman–Crippen MR) is 83.1 cm³/mol. The molecule has 1 saturated carbocycles. The van der Waals surface area contributed by atoms with E-state index in [-0.39, 0.29) is 11.8 Å². The van der Waals surface area contributed by atoms with E-state index in [1.807, 2.05) is 0 Å². The number of furan rings is 1. The molecule has 0 radical (unpaired) electrons. The molecule has 2 fully saturated rings. The lowest BCUT2D eigenvalue weighted by molar-refractivity contribution is -0.142. The van der Waals surface area contributed by atoms with Crippen LogP contribution in [0.4, 0.5) is 0 Å². The SMILES string of the molecule is O=C(O)[C@H]1CN(C(=O)c2cnc(-c3ccco3)s2)C[C@@H]1C1CC1. The van der Waals surface area contributed by atoms with Crippen LogP contribution in [0.2, 0.25) is 0 Å². The van der Waals surface area contributed by atoms with Crippen molar-refractivity contribution in [1.29, 1.82) is 0 Å². The van der Waals surface area contributed by atoms with Gasteiger partial charge < -0.3 is 14.4 Å². The fourth-order valence-electron chi connectivity index (χ4n) is 3.30. The summed E-state index contributed by atoms with van der Waals surface area (Å²) in [6.45, 7) is 0.831. The van der Waals surface area contributed by atoms with E-state index >= 15 is 0 Å². The maximum atomic E-state index is 12.7. The van der Waals surface area contributed by atoms with Crippen molar-refractivity contribution < 1.29 is 19.1 Å². The van der Waals surface area contributed by atoms with Gasteiger partial charge in [0.25, 0.3) is 5.91 Å². The van der Waals surface area contributed by atoms with Gasteiger partial charge in [-0.25, -0.2) is 4.98 Å². The fraction of sp³-hybridized carbons (Fsp3) is 0.438. The summed E-state index contributed by atoms with van der Waals surface area (Å²) in [6.07, 6.45) is 5.28. The van der Waals surface area contributed by atoms with Crippen molar-refractivity contribution in [2.45, 2.75) is 12.8 Å². The van der Waals surface area contributed by atoms with Crippen molar-refractivity contribution in [3.05, 3.63) is 29.5 Å². The Morgan fingerprint density at radius 2 is 2.17 bits per heavy atom. The monoisotopic (exact) mass is 332 g/mol.